The van der Waals surface area contributed by atoms with Crippen molar-refractivity contribution in [1.29, 1.82) is 0 Å². The van der Waals surface area contributed by atoms with Crippen molar-refractivity contribution >= 4 is 57.3 Å². The van der Waals surface area contributed by atoms with Crippen molar-refractivity contribution in [3.8, 4) is 0 Å². The van der Waals surface area contributed by atoms with Crippen LogP contribution in [0.25, 0.3) is 10.9 Å². The zero-order valence-electron chi connectivity index (χ0n) is 12.3. The highest BCUT2D eigenvalue weighted by atomic mass is 35.5. The molecule has 0 atom stereocenters. The smallest absolute Gasteiger partial charge is 0.249 e. The number of hydrogen-bond donors (Lipinski definition) is 0. The fraction of sp³-hybridized carbons (Fsp3) is 0.125. The molecule has 23 heavy (non-hydrogen) atoms. The Labute approximate surface area is 148 Å². The van der Waals surface area contributed by atoms with Crippen LogP contribution in [0.5, 0.6) is 0 Å². The molecule has 0 aliphatic carbocycles. The van der Waals surface area contributed by atoms with Gasteiger partial charge in [-0.15, -0.1) is 4.68 Å². The van der Waals surface area contributed by atoms with Gasteiger partial charge < -0.3 is 5.11 Å². The predicted molar refractivity (Wildman–Crippen MR) is 91.8 cm³/mol. The summed E-state index contributed by atoms with van der Waals surface area (Å²) in [6.45, 7) is 0. The molecule has 118 valence electrons. The molecule has 0 fully saturated rings. The molecule has 1 heterocycles. The summed E-state index contributed by atoms with van der Waals surface area (Å²) in [5, 5.41) is 14.8. The van der Waals surface area contributed by atoms with Crippen LogP contribution in [0.3, 0.4) is 0 Å². The number of aromatic nitrogens is 2. The number of hydrogen-bond acceptors (Lipinski definition) is 2. The van der Waals surface area contributed by atoms with Gasteiger partial charge in [0.2, 0.25) is 5.69 Å². The molecule has 0 aliphatic rings. The molecular weight excluding hydrogens is 357 g/mol. The molecule has 0 unspecified atom stereocenters. The van der Waals surface area contributed by atoms with E-state index in [9.17, 15) is 5.11 Å². The maximum atomic E-state index is 12.7. The Morgan fingerprint density at radius 2 is 1.74 bits per heavy atom. The second kappa shape index (κ2) is 6.04. The zero-order chi connectivity index (χ0) is 16.7. The van der Waals surface area contributed by atoms with E-state index in [1.54, 1.807) is 42.1 Å². The van der Waals surface area contributed by atoms with Crippen LogP contribution in [0.2, 0.25) is 15.1 Å². The maximum Gasteiger partial charge on any atom is 0.249 e. The highest BCUT2D eigenvalue weighted by Gasteiger charge is 2.20. The minimum absolute atomic E-state index is 0.326. The standard InChI is InChI=1S/C16H12Cl3N3O/c1-21-14-6-4-9(17)7-11(14)15(22(21)2)16(23)20-13-5-3-10(18)8-12(13)19/h3-8H,1-2H3. The van der Waals surface area contributed by atoms with Crippen molar-refractivity contribution in [2.45, 2.75) is 0 Å². The van der Waals surface area contributed by atoms with E-state index in [1.807, 2.05) is 17.8 Å². The lowest BCUT2D eigenvalue weighted by atomic mass is 10.2. The summed E-state index contributed by atoms with van der Waals surface area (Å²) >= 11 is 18.0. The van der Waals surface area contributed by atoms with Gasteiger partial charge in [-0.3, -0.25) is 4.99 Å². The van der Waals surface area contributed by atoms with Crippen LogP contribution in [-0.4, -0.2) is 10.6 Å². The van der Waals surface area contributed by atoms with Crippen LogP contribution in [0.1, 0.15) is 5.69 Å². The van der Waals surface area contributed by atoms with Crippen molar-refractivity contribution in [3.63, 3.8) is 0 Å². The second-order valence-corrected chi connectivity index (χ2v) is 6.35. The fourth-order valence-electron chi connectivity index (χ4n) is 2.45. The SMILES string of the molecule is Cn1c2ccc(Cl)cc2c(C([O-])=Nc2ccc(Cl)cc2Cl)[n+]1C. The Hall–Kier alpha value is -1.75. The summed E-state index contributed by atoms with van der Waals surface area (Å²) in [5.74, 6) is -0.399. The van der Waals surface area contributed by atoms with Gasteiger partial charge in [0.15, 0.2) is 7.05 Å². The molecule has 4 nitrogen and oxygen atoms in total. The second-order valence-electron chi connectivity index (χ2n) is 5.07. The summed E-state index contributed by atoms with van der Waals surface area (Å²) in [6.07, 6.45) is 0. The van der Waals surface area contributed by atoms with Crippen LogP contribution in [0.15, 0.2) is 41.4 Å². The lowest BCUT2D eigenvalue weighted by molar-refractivity contribution is -0.751. The van der Waals surface area contributed by atoms with Crippen molar-refractivity contribution in [1.82, 2.24) is 4.68 Å². The van der Waals surface area contributed by atoms with E-state index in [4.69, 9.17) is 34.8 Å². The van der Waals surface area contributed by atoms with Crippen LogP contribution < -0.4 is 9.79 Å². The number of aliphatic imine (C=N–C) groups is 1. The monoisotopic (exact) mass is 367 g/mol. The Morgan fingerprint density at radius 1 is 1.09 bits per heavy atom. The quantitative estimate of drug-likeness (QED) is 0.388. The van der Waals surface area contributed by atoms with Gasteiger partial charge in [-0.1, -0.05) is 34.8 Å². The van der Waals surface area contributed by atoms with Gasteiger partial charge in [0, 0.05) is 10.0 Å². The van der Waals surface area contributed by atoms with E-state index >= 15 is 0 Å². The summed E-state index contributed by atoms with van der Waals surface area (Å²) in [6, 6.07) is 10.2. The van der Waals surface area contributed by atoms with E-state index in [1.165, 1.54) is 0 Å². The third kappa shape index (κ3) is 2.90. The van der Waals surface area contributed by atoms with Crippen LogP contribution in [0.4, 0.5) is 5.69 Å². The van der Waals surface area contributed by atoms with Crippen molar-refractivity contribution < 1.29 is 9.79 Å². The van der Waals surface area contributed by atoms with E-state index < -0.39 is 5.90 Å². The third-order valence-electron chi connectivity index (χ3n) is 3.67. The van der Waals surface area contributed by atoms with Gasteiger partial charge in [-0.25, -0.2) is 0 Å². The Balaban J connectivity index is 2.21. The molecule has 0 saturated carbocycles. The predicted octanol–water partition coefficient (Wildman–Crippen LogP) is 3.40. The molecule has 0 spiro atoms. The highest BCUT2D eigenvalue weighted by Crippen LogP contribution is 2.29. The molecule has 0 bridgehead atoms. The van der Waals surface area contributed by atoms with E-state index in [-0.39, 0.29) is 0 Å². The molecule has 0 saturated heterocycles. The molecule has 0 amide bonds. The number of aryl methyl sites for hydroxylation is 1. The van der Waals surface area contributed by atoms with E-state index in [0.29, 0.717) is 26.4 Å². The van der Waals surface area contributed by atoms with Gasteiger partial charge >= 0.3 is 0 Å². The third-order valence-corrected chi connectivity index (χ3v) is 4.44. The number of nitrogens with zero attached hydrogens (tertiary/aromatic N) is 3. The zero-order valence-corrected chi connectivity index (χ0v) is 14.6. The average molecular weight is 369 g/mol. The summed E-state index contributed by atoms with van der Waals surface area (Å²) < 4.78 is 3.59. The minimum Gasteiger partial charge on any atom is -0.854 e. The van der Waals surface area contributed by atoms with Crippen LogP contribution >= 0.6 is 34.8 Å². The Bertz CT molecular complexity index is 947. The van der Waals surface area contributed by atoms with Crippen molar-refractivity contribution in [3.05, 3.63) is 57.2 Å². The van der Waals surface area contributed by atoms with Crippen molar-refractivity contribution in [2.75, 3.05) is 0 Å². The summed E-state index contributed by atoms with van der Waals surface area (Å²) in [4.78, 5) is 4.12. The summed E-state index contributed by atoms with van der Waals surface area (Å²) in [7, 11) is 3.66. The molecule has 2 aromatic carbocycles. The molecule has 7 heteroatoms. The largest absolute Gasteiger partial charge is 0.854 e. The van der Waals surface area contributed by atoms with Gasteiger partial charge in [-0.05, 0) is 36.4 Å². The number of fused-ring (bicyclic) bond motifs is 1. The lowest BCUT2D eigenvalue weighted by Gasteiger charge is -2.07. The molecule has 3 rings (SSSR count). The first kappa shape index (κ1) is 16.1. The summed E-state index contributed by atoms with van der Waals surface area (Å²) in [5.41, 5.74) is 1.70. The topological polar surface area (TPSA) is 44.2 Å². The highest BCUT2D eigenvalue weighted by molar-refractivity contribution is 6.36. The maximum absolute atomic E-state index is 12.7. The van der Waals surface area contributed by atoms with Gasteiger partial charge in [-0.2, -0.15) is 4.68 Å². The number of benzene rings is 2. The van der Waals surface area contributed by atoms with Gasteiger partial charge in [0.05, 0.1) is 29.0 Å². The van der Waals surface area contributed by atoms with Gasteiger partial charge in [0.25, 0.3) is 0 Å². The molecular formula is C16H12Cl3N3O. The average Bonchev–Trinajstić information content (AvgIpc) is 2.73. The fourth-order valence-corrected chi connectivity index (χ4v) is 3.08. The minimum atomic E-state index is -0.399. The Kier molecular flexibility index (Phi) is 4.23. The van der Waals surface area contributed by atoms with E-state index in [2.05, 4.69) is 4.99 Å². The molecule has 0 N–H and O–H groups in total. The molecule has 1 aromatic heterocycles. The molecule has 0 aliphatic heterocycles. The first-order valence-electron chi connectivity index (χ1n) is 6.74. The number of rotatable bonds is 2. The normalized spacial score (nSPS) is 12.1. The molecule has 3 aromatic rings. The van der Waals surface area contributed by atoms with E-state index in [0.717, 1.165) is 10.9 Å². The Morgan fingerprint density at radius 3 is 2.43 bits per heavy atom. The van der Waals surface area contributed by atoms with Crippen molar-refractivity contribution in [2.24, 2.45) is 19.1 Å². The molecule has 0 radical (unpaired) electrons. The first-order valence-corrected chi connectivity index (χ1v) is 7.87. The number of halogens is 3. The van der Waals surface area contributed by atoms with Crippen LogP contribution in [0, 0.1) is 0 Å². The van der Waals surface area contributed by atoms with Crippen LogP contribution in [-0.2, 0) is 14.1 Å². The first-order chi connectivity index (χ1) is 10.9. The lowest BCUT2D eigenvalue weighted by Crippen LogP contribution is -2.44. The van der Waals surface area contributed by atoms with Gasteiger partial charge in [0.1, 0.15) is 5.52 Å².